The highest BCUT2D eigenvalue weighted by atomic mass is 16.1. The van der Waals surface area contributed by atoms with Crippen molar-refractivity contribution in [3.8, 4) is 0 Å². The largest absolute Gasteiger partial charge is 0.378 e. The van der Waals surface area contributed by atoms with Gasteiger partial charge >= 0.3 is 0 Å². The van der Waals surface area contributed by atoms with Crippen molar-refractivity contribution in [2.45, 2.75) is 26.4 Å². The van der Waals surface area contributed by atoms with E-state index >= 15 is 0 Å². The normalized spacial score (nSPS) is 10.4. The van der Waals surface area contributed by atoms with Crippen LogP contribution in [0.2, 0.25) is 0 Å². The molecule has 0 atom stereocenters. The molecule has 7 nitrogen and oxygen atoms in total. The third-order valence-corrected chi connectivity index (χ3v) is 3.65. The van der Waals surface area contributed by atoms with Gasteiger partial charge in [-0.3, -0.25) is 14.9 Å². The number of hydrogen-bond donors (Lipinski definition) is 3. The monoisotopic (exact) mass is 336 g/mol. The molecule has 3 aromatic rings. The molecular weight excluding hydrogens is 316 g/mol. The Hall–Kier alpha value is -3.22. The number of pyridine rings is 1. The molecule has 128 valence electrons. The predicted molar refractivity (Wildman–Crippen MR) is 94.7 cm³/mol. The molecule has 0 aliphatic carbocycles. The molecule has 0 fully saturated rings. The van der Waals surface area contributed by atoms with Crippen molar-refractivity contribution < 1.29 is 4.79 Å². The Morgan fingerprint density at radius 3 is 2.60 bits per heavy atom. The Bertz CT molecular complexity index is 813. The first kappa shape index (κ1) is 16.6. The van der Waals surface area contributed by atoms with E-state index in [0.29, 0.717) is 24.7 Å². The number of H-pyrrole nitrogens is 1. The summed E-state index contributed by atoms with van der Waals surface area (Å²) < 4.78 is 0. The van der Waals surface area contributed by atoms with Crippen LogP contribution in [0, 0.1) is 6.92 Å². The number of carbonyl (C=O) groups excluding carboxylic acids is 1. The molecule has 7 heteroatoms. The standard InChI is InChI=1S/C18H20N6O/c1-13-2-4-15(5-3-13)20-12-17-22-16(23-24-17)10-18(25)21-11-14-6-8-19-9-7-14/h2-9,20H,10-12H2,1H3,(H,21,25)(H,22,23,24). The van der Waals surface area contributed by atoms with Gasteiger partial charge in [-0.25, -0.2) is 4.98 Å². The van der Waals surface area contributed by atoms with Gasteiger partial charge in [-0.05, 0) is 36.8 Å². The summed E-state index contributed by atoms with van der Waals surface area (Å²) in [5.41, 5.74) is 3.23. The van der Waals surface area contributed by atoms with Gasteiger partial charge in [-0.15, -0.1) is 0 Å². The smallest absolute Gasteiger partial charge is 0.228 e. The van der Waals surface area contributed by atoms with Gasteiger partial charge in [-0.1, -0.05) is 17.7 Å². The van der Waals surface area contributed by atoms with E-state index in [-0.39, 0.29) is 12.3 Å². The van der Waals surface area contributed by atoms with E-state index in [1.807, 2.05) is 43.3 Å². The lowest BCUT2D eigenvalue weighted by Crippen LogP contribution is -2.25. The van der Waals surface area contributed by atoms with Gasteiger partial charge < -0.3 is 10.6 Å². The van der Waals surface area contributed by atoms with Gasteiger partial charge in [0.2, 0.25) is 5.91 Å². The SMILES string of the molecule is Cc1ccc(NCc2nc(CC(=O)NCc3ccncc3)n[nH]2)cc1. The van der Waals surface area contributed by atoms with Crippen molar-refractivity contribution in [2.75, 3.05) is 5.32 Å². The van der Waals surface area contributed by atoms with Gasteiger partial charge in [0.15, 0.2) is 5.82 Å². The van der Waals surface area contributed by atoms with Gasteiger partial charge in [0.1, 0.15) is 5.82 Å². The Morgan fingerprint density at radius 2 is 1.84 bits per heavy atom. The van der Waals surface area contributed by atoms with E-state index in [1.54, 1.807) is 12.4 Å². The Morgan fingerprint density at radius 1 is 1.08 bits per heavy atom. The summed E-state index contributed by atoms with van der Waals surface area (Å²) in [6.45, 7) is 3.04. The number of nitrogens with one attached hydrogen (secondary N) is 3. The zero-order chi connectivity index (χ0) is 17.5. The number of rotatable bonds is 7. The van der Waals surface area contributed by atoms with E-state index in [1.165, 1.54) is 5.56 Å². The average molecular weight is 336 g/mol. The van der Waals surface area contributed by atoms with Crippen molar-refractivity contribution in [3.63, 3.8) is 0 Å². The quantitative estimate of drug-likeness (QED) is 0.613. The number of hydrogen-bond acceptors (Lipinski definition) is 5. The molecule has 25 heavy (non-hydrogen) atoms. The Kier molecular flexibility index (Phi) is 5.36. The van der Waals surface area contributed by atoms with Gasteiger partial charge in [0.05, 0.1) is 13.0 Å². The van der Waals surface area contributed by atoms with Crippen LogP contribution < -0.4 is 10.6 Å². The lowest BCUT2D eigenvalue weighted by molar-refractivity contribution is -0.120. The van der Waals surface area contributed by atoms with Crippen LogP contribution in [-0.2, 0) is 24.3 Å². The van der Waals surface area contributed by atoms with E-state index in [2.05, 4.69) is 30.8 Å². The minimum atomic E-state index is -0.117. The molecule has 0 radical (unpaired) electrons. The fourth-order valence-corrected chi connectivity index (χ4v) is 2.26. The summed E-state index contributed by atoms with van der Waals surface area (Å²) in [5.74, 6) is 1.05. The van der Waals surface area contributed by atoms with Crippen LogP contribution in [0.3, 0.4) is 0 Å². The lowest BCUT2D eigenvalue weighted by atomic mass is 10.2. The lowest BCUT2D eigenvalue weighted by Gasteiger charge is -2.04. The first-order valence-electron chi connectivity index (χ1n) is 8.05. The fraction of sp³-hybridized carbons (Fsp3) is 0.222. The first-order chi connectivity index (χ1) is 12.2. The van der Waals surface area contributed by atoms with E-state index in [9.17, 15) is 4.79 Å². The Balaban J connectivity index is 1.46. The van der Waals surface area contributed by atoms with Crippen molar-refractivity contribution in [1.82, 2.24) is 25.5 Å². The van der Waals surface area contributed by atoms with Crippen LogP contribution in [0.4, 0.5) is 5.69 Å². The third-order valence-electron chi connectivity index (χ3n) is 3.65. The van der Waals surface area contributed by atoms with E-state index in [0.717, 1.165) is 11.3 Å². The number of benzene rings is 1. The Labute approximate surface area is 145 Å². The highest BCUT2D eigenvalue weighted by Gasteiger charge is 2.09. The molecule has 0 aliphatic heterocycles. The summed E-state index contributed by atoms with van der Waals surface area (Å²) in [4.78, 5) is 20.3. The number of amides is 1. The summed E-state index contributed by atoms with van der Waals surface area (Å²) in [5, 5.41) is 13.1. The second-order valence-electron chi connectivity index (χ2n) is 5.73. The highest BCUT2D eigenvalue weighted by Crippen LogP contribution is 2.09. The van der Waals surface area contributed by atoms with Crippen molar-refractivity contribution in [3.05, 3.63) is 71.6 Å². The minimum Gasteiger partial charge on any atom is -0.378 e. The predicted octanol–water partition coefficient (Wildman–Crippen LogP) is 1.98. The van der Waals surface area contributed by atoms with Gasteiger partial charge in [0, 0.05) is 24.6 Å². The van der Waals surface area contributed by atoms with E-state index < -0.39 is 0 Å². The van der Waals surface area contributed by atoms with Crippen molar-refractivity contribution in [2.24, 2.45) is 0 Å². The van der Waals surface area contributed by atoms with Crippen LogP contribution >= 0.6 is 0 Å². The second-order valence-corrected chi connectivity index (χ2v) is 5.73. The van der Waals surface area contributed by atoms with Crippen LogP contribution in [0.25, 0.3) is 0 Å². The number of anilines is 1. The topological polar surface area (TPSA) is 95.6 Å². The van der Waals surface area contributed by atoms with Crippen molar-refractivity contribution in [1.29, 1.82) is 0 Å². The molecule has 0 spiro atoms. The fourth-order valence-electron chi connectivity index (χ4n) is 2.26. The molecule has 1 amide bonds. The number of aromatic nitrogens is 4. The molecular formula is C18H20N6O. The molecule has 1 aromatic carbocycles. The zero-order valence-corrected chi connectivity index (χ0v) is 14.0. The molecule has 0 unspecified atom stereocenters. The number of aryl methyl sites for hydroxylation is 1. The summed E-state index contributed by atoms with van der Waals surface area (Å²) in [7, 11) is 0. The zero-order valence-electron chi connectivity index (χ0n) is 14.0. The molecule has 0 saturated carbocycles. The van der Waals surface area contributed by atoms with Crippen LogP contribution in [0.5, 0.6) is 0 Å². The van der Waals surface area contributed by atoms with E-state index in [4.69, 9.17) is 0 Å². The summed E-state index contributed by atoms with van der Waals surface area (Å²) in [6, 6.07) is 11.8. The molecule has 0 aliphatic rings. The second kappa shape index (κ2) is 8.05. The van der Waals surface area contributed by atoms with Gasteiger partial charge in [-0.2, -0.15) is 5.10 Å². The maximum absolute atomic E-state index is 12.0. The molecule has 3 N–H and O–H groups in total. The average Bonchev–Trinajstić information content (AvgIpc) is 3.08. The van der Waals surface area contributed by atoms with Gasteiger partial charge in [0.25, 0.3) is 0 Å². The third kappa shape index (κ3) is 5.13. The molecule has 0 bridgehead atoms. The number of carbonyl (C=O) groups is 1. The van der Waals surface area contributed by atoms with Crippen LogP contribution in [0.1, 0.15) is 22.8 Å². The molecule has 0 saturated heterocycles. The molecule has 2 heterocycles. The van der Waals surface area contributed by atoms with Crippen LogP contribution in [-0.4, -0.2) is 26.1 Å². The first-order valence-corrected chi connectivity index (χ1v) is 8.05. The molecule has 3 rings (SSSR count). The number of aromatic amines is 1. The summed E-state index contributed by atoms with van der Waals surface area (Å²) >= 11 is 0. The maximum atomic E-state index is 12.0. The summed E-state index contributed by atoms with van der Waals surface area (Å²) in [6.07, 6.45) is 3.54. The maximum Gasteiger partial charge on any atom is 0.228 e. The minimum absolute atomic E-state index is 0.117. The highest BCUT2D eigenvalue weighted by molar-refractivity contribution is 5.77. The molecule has 2 aromatic heterocycles. The number of nitrogens with zero attached hydrogens (tertiary/aromatic N) is 3. The van der Waals surface area contributed by atoms with Crippen molar-refractivity contribution >= 4 is 11.6 Å². The van der Waals surface area contributed by atoms with Crippen LogP contribution in [0.15, 0.2) is 48.8 Å².